The zero-order valence-corrected chi connectivity index (χ0v) is 11.0. The highest BCUT2D eigenvalue weighted by Gasteiger charge is 2.13. The molecule has 0 aliphatic rings. The fourth-order valence-corrected chi connectivity index (χ4v) is 1.96. The van der Waals surface area contributed by atoms with Crippen LogP contribution >= 0.6 is 11.6 Å². The van der Waals surface area contributed by atoms with E-state index in [4.69, 9.17) is 26.4 Å². The highest BCUT2D eigenvalue weighted by Crippen LogP contribution is 2.22. The molecule has 0 aliphatic carbocycles. The summed E-state index contributed by atoms with van der Waals surface area (Å²) in [7, 11) is -1.52. The number of rotatable bonds is 5. The summed E-state index contributed by atoms with van der Waals surface area (Å²) in [6, 6.07) is 14.7. The van der Waals surface area contributed by atoms with Gasteiger partial charge in [0.15, 0.2) is 0 Å². The fourth-order valence-electron chi connectivity index (χ4n) is 1.72. The van der Waals surface area contributed by atoms with Crippen LogP contribution in [0.15, 0.2) is 48.5 Å². The smallest absolute Gasteiger partial charge is 0.488 e. The SMILES string of the molecule is OB(O)c1ccc(OCCc2ccccc2)c(Cl)c1. The van der Waals surface area contributed by atoms with E-state index in [0.29, 0.717) is 22.8 Å². The van der Waals surface area contributed by atoms with Crippen molar-refractivity contribution in [3.8, 4) is 5.75 Å². The summed E-state index contributed by atoms with van der Waals surface area (Å²) in [5.41, 5.74) is 1.54. The van der Waals surface area contributed by atoms with Gasteiger partial charge in [0, 0.05) is 6.42 Å². The van der Waals surface area contributed by atoms with Gasteiger partial charge >= 0.3 is 7.12 Å². The van der Waals surface area contributed by atoms with E-state index >= 15 is 0 Å². The summed E-state index contributed by atoms with van der Waals surface area (Å²) in [5, 5.41) is 18.4. The van der Waals surface area contributed by atoms with E-state index in [0.717, 1.165) is 6.42 Å². The molecule has 0 aliphatic heterocycles. The van der Waals surface area contributed by atoms with Gasteiger partial charge in [0.2, 0.25) is 0 Å². The molecule has 0 spiro atoms. The second-order valence-electron chi connectivity index (χ2n) is 4.15. The largest absolute Gasteiger partial charge is 0.492 e. The normalized spacial score (nSPS) is 10.3. The minimum atomic E-state index is -1.52. The molecule has 2 aromatic rings. The van der Waals surface area contributed by atoms with Gasteiger partial charge in [-0.25, -0.2) is 0 Å². The van der Waals surface area contributed by atoms with E-state index in [2.05, 4.69) is 0 Å². The van der Waals surface area contributed by atoms with Gasteiger partial charge in [-0.3, -0.25) is 0 Å². The summed E-state index contributed by atoms with van der Waals surface area (Å²) in [6.45, 7) is 0.519. The van der Waals surface area contributed by atoms with Crippen LogP contribution in [0.25, 0.3) is 0 Å². The third-order valence-electron chi connectivity index (χ3n) is 2.75. The maximum Gasteiger partial charge on any atom is 0.488 e. The van der Waals surface area contributed by atoms with Crippen molar-refractivity contribution >= 4 is 24.2 Å². The topological polar surface area (TPSA) is 49.7 Å². The van der Waals surface area contributed by atoms with Crippen LogP contribution in [0.2, 0.25) is 5.02 Å². The van der Waals surface area contributed by atoms with Crippen LogP contribution < -0.4 is 10.2 Å². The predicted octanol–water partition coefficient (Wildman–Crippen LogP) is 1.64. The Kier molecular flexibility index (Phi) is 4.85. The first-order valence-corrected chi connectivity index (χ1v) is 6.37. The zero-order chi connectivity index (χ0) is 13.7. The van der Waals surface area contributed by atoms with Crippen LogP contribution in [0.3, 0.4) is 0 Å². The molecule has 2 aromatic carbocycles. The van der Waals surface area contributed by atoms with Crippen molar-refractivity contribution in [1.29, 1.82) is 0 Å². The Hall–Kier alpha value is -1.49. The molecule has 0 heterocycles. The molecule has 0 atom stereocenters. The lowest BCUT2D eigenvalue weighted by molar-refractivity contribution is 0.322. The van der Waals surface area contributed by atoms with Gasteiger partial charge in [-0.1, -0.05) is 48.0 Å². The van der Waals surface area contributed by atoms with Gasteiger partial charge in [0.25, 0.3) is 0 Å². The predicted molar refractivity (Wildman–Crippen MR) is 76.9 cm³/mol. The Balaban J connectivity index is 1.93. The quantitative estimate of drug-likeness (QED) is 0.816. The van der Waals surface area contributed by atoms with Crippen LogP contribution in [-0.2, 0) is 6.42 Å². The summed E-state index contributed by atoms with van der Waals surface area (Å²) >= 11 is 6.01. The van der Waals surface area contributed by atoms with Crippen molar-refractivity contribution in [1.82, 2.24) is 0 Å². The van der Waals surface area contributed by atoms with E-state index in [-0.39, 0.29) is 0 Å². The van der Waals surface area contributed by atoms with E-state index in [1.54, 1.807) is 12.1 Å². The Morgan fingerprint density at radius 2 is 1.79 bits per heavy atom. The molecule has 0 radical (unpaired) electrons. The van der Waals surface area contributed by atoms with E-state index in [1.165, 1.54) is 11.6 Å². The lowest BCUT2D eigenvalue weighted by atomic mass is 9.80. The molecule has 2 rings (SSSR count). The molecular weight excluding hydrogens is 262 g/mol. The number of hydrogen-bond donors (Lipinski definition) is 2. The van der Waals surface area contributed by atoms with Crippen molar-refractivity contribution in [2.75, 3.05) is 6.61 Å². The zero-order valence-electron chi connectivity index (χ0n) is 10.3. The molecule has 0 unspecified atom stereocenters. The van der Waals surface area contributed by atoms with Crippen LogP contribution in [0.1, 0.15) is 5.56 Å². The van der Waals surface area contributed by atoms with Crippen molar-refractivity contribution in [3.63, 3.8) is 0 Å². The summed E-state index contributed by atoms with van der Waals surface area (Å²) < 4.78 is 5.58. The maximum absolute atomic E-state index is 9.02. The number of halogens is 1. The Morgan fingerprint density at radius 1 is 1.05 bits per heavy atom. The van der Waals surface area contributed by atoms with Crippen molar-refractivity contribution in [2.24, 2.45) is 0 Å². The first-order valence-electron chi connectivity index (χ1n) is 5.99. The summed E-state index contributed by atoms with van der Waals surface area (Å²) in [6.07, 6.45) is 0.793. The Bertz CT molecular complexity index is 531. The molecule has 0 amide bonds. The van der Waals surface area contributed by atoms with Gasteiger partial charge in [-0.15, -0.1) is 0 Å². The van der Waals surface area contributed by atoms with Crippen LogP contribution in [0.5, 0.6) is 5.75 Å². The molecule has 0 fully saturated rings. The van der Waals surface area contributed by atoms with Crippen LogP contribution in [0, 0.1) is 0 Å². The highest BCUT2D eigenvalue weighted by molar-refractivity contribution is 6.59. The lowest BCUT2D eigenvalue weighted by Gasteiger charge is -2.09. The van der Waals surface area contributed by atoms with Gasteiger partial charge < -0.3 is 14.8 Å². The first-order chi connectivity index (χ1) is 9.16. The number of benzene rings is 2. The molecule has 5 heteroatoms. The third-order valence-corrected chi connectivity index (χ3v) is 3.04. The molecule has 0 saturated heterocycles. The average molecular weight is 277 g/mol. The van der Waals surface area contributed by atoms with Crippen LogP contribution in [-0.4, -0.2) is 23.8 Å². The molecule has 3 nitrogen and oxygen atoms in total. The minimum absolute atomic E-state index is 0.348. The third kappa shape index (κ3) is 3.99. The van der Waals surface area contributed by atoms with Gasteiger partial charge in [0.1, 0.15) is 5.75 Å². The highest BCUT2D eigenvalue weighted by atomic mass is 35.5. The summed E-state index contributed by atoms with van der Waals surface area (Å²) in [4.78, 5) is 0. The minimum Gasteiger partial charge on any atom is -0.492 e. The molecule has 0 saturated carbocycles. The number of hydrogen-bond acceptors (Lipinski definition) is 3. The van der Waals surface area contributed by atoms with Crippen molar-refractivity contribution in [3.05, 3.63) is 59.1 Å². The number of ether oxygens (including phenoxy) is 1. The first kappa shape index (κ1) is 13.9. The molecule has 0 aromatic heterocycles. The van der Waals surface area contributed by atoms with Crippen LogP contribution in [0.4, 0.5) is 0 Å². The van der Waals surface area contributed by atoms with Gasteiger partial charge in [-0.05, 0) is 23.2 Å². The molecular formula is C14H14BClO3. The van der Waals surface area contributed by atoms with E-state index < -0.39 is 7.12 Å². The Labute approximate surface area is 117 Å². The monoisotopic (exact) mass is 276 g/mol. The Morgan fingerprint density at radius 3 is 2.42 bits per heavy atom. The summed E-state index contributed by atoms with van der Waals surface area (Å²) in [5.74, 6) is 0.544. The molecule has 2 N–H and O–H groups in total. The molecule has 98 valence electrons. The average Bonchev–Trinajstić information content (AvgIpc) is 2.41. The van der Waals surface area contributed by atoms with E-state index in [9.17, 15) is 0 Å². The lowest BCUT2D eigenvalue weighted by Crippen LogP contribution is -2.29. The second-order valence-corrected chi connectivity index (χ2v) is 4.55. The second kappa shape index (κ2) is 6.61. The van der Waals surface area contributed by atoms with Gasteiger partial charge in [-0.2, -0.15) is 0 Å². The van der Waals surface area contributed by atoms with Crippen molar-refractivity contribution < 1.29 is 14.8 Å². The molecule has 0 bridgehead atoms. The van der Waals surface area contributed by atoms with Crippen molar-refractivity contribution in [2.45, 2.75) is 6.42 Å². The maximum atomic E-state index is 9.02. The fraction of sp³-hybridized carbons (Fsp3) is 0.143. The van der Waals surface area contributed by atoms with Gasteiger partial charge in [0.05, 0.1) is 11.6 Å². The molecule has 19 heavy (non-hydrogen) atoms. The van der Waals surface area contributed by atoms with E-state index in [1.807, 2.05) is 30.3 Å². The standard InChI is InChI=1S/C14H14BClO3/c16-13-10-12(15(17)18)6-7-14(13)19-9-8-11-4-2-1-3-5-11/h1-7,10,17-18H,8-9H2.